The maximum absolute atomic E-state index is 13.4. The zero-order chi connectivity index (χ0) is 20.5. The highest BCUT2D eigenvalue weighted by Gasteiger charge is 2.12. The topological polar surface area (TPSA) is 72.9 Å². The van der Waals surface area contributed by atoms with Crippen LogP contribution in [0.5, 0.6) is 0 Å². The molecule has 0 saturated heterocycles. The lowest BCUT2D eigenvalue weighted by Crippen LogP contribution is -2.13. The lowest BCUT2D eigenvalue weighted by Gasteiger charge is -2.09. The third kappa shape index (κ3) is 3.80. The number of nitrogens with two attached hydrogens (primary N) is 1. The fourth-order valence-electron chi connectivity index (χ4n) is 3.16. The summed E-state index contributed by atoms with van der Waals surface area (Å²) in [4.78, 5) is 12.6. The molecular weight excluding hydrogens is 374 g/mol. The minimum absolute atomic E-state index is 0.282. The van der Waals surface area contributed by atoms with Crippen LogP contribution >= 0.6 is 0 Å². The van der Waals surface area contributed by atoms with Gasteiger partial charge in [-0.2, -0.15) is 5.10 Å². The number of aryl methyl sites for hydroxylation is 1. The lowest BCUT2D eigenvalue weighted by molar-refractivity contribution is 0.102. The molecule has 0 aliphatic heterocycles. The Labute approximate surface area is 165 Å². The van der Waals surface area contributed by atoms with Crippen LogP contribution in [0.25, 0.3) is 10.9 Å². The number of rotatable bonds is 4. The van der Waals surface area contributed by atoms with Crippen LogP contribution in [0.15, 0.2) is 60.8 Å². The maximum atomic E-state index is 13.4. The smallest absolute Gasteiger partial charge is 0.255 e. The van der Waals surface area contributed by atoms with Crippen LogP contribution < -0.4 is 11.1 Å². The van der Waals surface area contributed by atoms with Crippen molar-refractivity contribution >= 4 is 28.2 Å². The first-order valence-electron chi connectivity index (χ1n) is 8.98. The molecule has 1 amide bonds. The summed E-state index contributed by atoms with van der Waals surface area (Å²) >= 11 is 0. The molecule has 3 N–H and O–H groups in total. The van der Waals surface area contributed by atoms with E-state index in [4.69, 9.17) is 5.73 Å². The highest BCUT2D eigenvalue weighted by atomic mass is 19.2. The molecule has 0 aliphatic carbocycles. The highest BCUT2D eigenvalue weighted by Crippen LogP contribution is 2.22. The average Bonchev–Trinajstić information content (AvgIpc) is 3.09. The SMILES string of the molecule is Cc1ccc(NC(=O)c2ccc3c(cnn3Cc3ccc(F)c(F)c3)c2)c(N)c1. The van der Waals surface area contributed by atoms with Gasteiger partial charge in [-0.25, -0.2) is 8.78 Å². The zero-order valence-electron chi connectivity index (χ0n) is 15.6. The van der Waals surface area contributed by atoms with Crippen LogP contribution in [-0.2, 0) is 6.54 Å². The summed E-state index contributed by atoms with van der Waals surface area (Å²) in [6, 6.07) is 14.4. The molecule has 7 heteroatoms. The fourth-order valence-corrected chi connectivity index (χ4v) is 3.16. The lowest BCUT2D eigenvalue weighted by atomic mass is 10.1. The second-order valence-corrected chi connectivity index (χ2v) is 6.87. The Balaban J connectivity index is 1.57. The first-order chi connectivity index (χ1) is 13.9. The van der Waals surface area contributed by atoms with Gasteiger partial charge < -0.3 is 11.1 Å². The number of benzene rings is 3. The van der Waals surface area contributed by atoms with E-state index in [0.717, 1.165) is 28.6 Å². The third-order valence-electron chi connectivity index (χ3n) is 4.68. The Kier molecular flexibility index (Phi) is 4.72. The molecule has 1 aromatic heterocycles. The Morgan fingerprint density at radius 2 is 1.90 bits per heavy atom. The van der Waals surface area contributed by atoms with E-state index in [9.17, 15) is 13.6 Å². The summed E-state index contributed by atoms with van der Waals surface area (Å²) in [6.07, 6.45) is 1.63. The standard InChI is InChI=1S/C22H18F2N4O/c1-13-2-6-20(19(25)8-13)27-22(29)15-4-7-21-16(10-15)11-26-28(21)12-14-3-5-17(23)18(24)9-14/h2-11H,12,25H2,1H3,(H,27,29). The van der Waals surface area contributed by atoms with Crippen molar-refractivity contribution < 1.29 is 13.6 Å². The van der Waals surface area contributed by atoms with E-state index in [1.54, 1.807) is 41.2 Å². The average molecular weight is 392 g/mol. The van der Waals surface area contributed by atoms with Gasteiger partial charge in [-0.1, -0.05) is 12.1 Å². The van der Waals surface area contributed by atoms with Crippen LogP contribution in [0.2, 0.25) is 0 Å². The maximum Gasteiger partial charge on any atom is 0.255 e. The van der Waals surface area contributed by atoms with E-state index in [1.807, 2.05) is 13.0 Å². The van der Waals surface area contributed by atoms with Gasteiger partial charge in [0.15, 0.2) is 11.6 Å². The second-order valence-electron chi connectivity index (χ2n) is 6.87. The largest absolute Gasteiger partial charge is 0.397 e. The van der Waals surface area contributed by atoms with Gasteiger partial charge in [-0.15, -0.1) is 0 Å². The minimum Gasteiger partial charge on any atom is -0.397 e. The van der Waals surface area contributed by atoms with E-state index in [1.165, 1.54) is 6.07 Å². The first-order valence-corrected chi connectivity index (χ1v) is 8.98. The van der Waals surface area contributed by atoms with Crippen molar-refractivity contribution in [3.05, 3.63) is 89.1 Å². The molecule has 0 fully saturated rings. The number of carbonyl (C=O) groups is 1. The molecular formula is C22H18F2N4O. The summed E-state index contributed by atoms with van der Waals surface area (Å²) in [7, 11) is 0. The van der Waals surface area contributed by atoms with Crippen LogP contribution in [0.1, 0.15) is 21.5 Å². The van der Waals surface area contributed by atoms with Gasteiger partial charge in [0.1, 0.15) is 0 Å². The number of carbonyl (C=O) groups excluding carboxylic acids is 1. The molecule has 146 valence electrons. The van der Waals surface area contributed by atoms with Crippen molar-refractivity contribution in [2.24, 2.45) is 0 Å². The third-order valence-corrected chi connectivity index (χ3v) is 4.68. The summed E-state index contributed by atoms with van der Waals surface area (Å²) in [6.45, 7) is 2.21. The number of amides is 1. The molecule has 0 spiro atoms. The Hall–Kier alpha value is -3.74. The number of aromatic nitrogens is 2. The Bertz CT molecular complexity index is 1230. The molecule has 1 heterocycles. The van der Waals surface area contributed by atoms with Gasteiger partial charge >= 0.3 is 0 Å². The Morgan fingerprint density at radius 1 is 1.07 bits per heavy atom. The molecule has 4 aromatic rings. The summed E-state index contributed by atoms with van der Waals surface area (Å²) in [5, 5.41) is 7.87. The number of hydrogen-bond donors (Lipinski definition) is 2. The number of nitrogen functional groups attached to an aromatic ring is 1. The van der Waals surface area contributed by atoms with Crippen molar-refractivity contribution in [2.45, 2.75) is 13.5 Å². The second kappa shape index (κ2) is 7.35. The summed E-state index contributed by atoms with van der Waals surface area (Å²) < 4.78 is 28.2. The molecule has 3 aromatic carbocycles. The number of nitrogens with one attached hydrogen (secondary N) is 1. The van der Waals surface area contributed by atoms with Crippen LogP contribution in [0, 0.1) is 18.6 Å². The molecule has 0 unspecified atom stereocenters. The number of nitrogens with zero attached hydrogens (tertiary/aromatic N) is 2. The first kappa shape index (κ1) is 18.6. The molecule has 0 aliphatic rings. The van der Waals surface area contributed by atoms with Crippen molar-refractivity contribution in [3.8, 4) is 0 Å². The number of anilines is 2. The van der Waals surface area contributed by atoms with Crippen molar-refractivity contribution in [1.29, 1.82) is 0 Å². The summed E-state index contributed by atoms with van der Waals surface area (Å²) in [5.74, 6) is -2.06. The number of fused-ring (bicyclic) bond motifs is 1. The summed E-state index contributed by atoms with van der Waals surface area (Å²) in [5.41, 5.74) is 9.85. The van der Waals surface area contributed by atoms with E-state index >= 15 is 0 Å². The van der Waals surface area contributed by atoms with Gasteiger partial charge in [-0.05, 0) is 60.5 Å². The molecule has 4 rings (SSSR count). The van der Waals surface area contributed by atoms with E-state index in [2.05, 4.69) is 10.4 Å². The van der Waals surface area contributed by atoms with Gasteiger partial charge in [-0.3, -0.25) is 9.48 Å². The zero-order valence-corrected chi connectivity index (χ0v) is 15.6. The molecule has 0 bridgehead atoms. The molecule has 0 radical (unpaired) electrons. The molecule has 29 heavy (non-hydrogen) atoms. The number of halogens is 2. The minimum atomic E-state index is -0.895. The highest BCUT2D eigenvalue weighted by molar-refractivity contribution is 6.07. The van der Waals surface area contributed by atoms with Gasteiger partial charge in [0.25, 0.3) is 5.91 Å². The number of hydrogen-bond acceptors (Lipinski definition) is 3. The monoisotopic (exact) mass is 392 g/mol. The van der Waals surface area contributed by atoms with Crippen molar-refractivity contribution in [3.63, 3.8) is 0 Å². The predicted octanol–water partition coefficient (Wildman–Crippen LogP) is 4.51. The quantitative estimate of drug-likeness (QED) is 0.502. The normalized spacial score (nSPS) is 11.0. The predicted molar refractivity (Wildman–Crippen MR) is 109 cm³/mol. The Morgan fingerprint density at radius 3 is 2.66 bits per heavy atom. The molecule has 5 nitrogen and oxygen atoms in total. The van der Waals surface area contributed by atoms with E-state index < -0.39 is 11.6 Å². The molecule has 0 saturated carbocycles. The van der Waals surface area contributed by atoms with Gasteiger partial charge in [0.2, 0.25) is 0 Å². The fraction of sp³-hybridized carbons (Fsp3) is 0.0909. The van der Waals surface area contributed by atoms with Crippen molar-refractivity contribution in [2.75, 3.05) is 11.1 Å². The molecule has 0 atom stereocenters. The van der Waals surface area contributed by atoms with Crippen LogP contribution in [0.3, 0.4) is 0 Å². The van der Waals surface area contributed by atoms with Gasteiger partial charge in [0.05, 0.1) is 29.6 Å². The van der Waals surface area contributed by atoms with Gasteiger partial charge in [0, 0.05) is 10.9 Å². The van der Waals surface area contributed by atoms with Crippen molar-refractivity contribution in [1.82, 2.24) is 9.78 Å². The van der Waals surface area contributed by atoms with E-state index in [0.29, 0.717) is 22.5 Å². The van der Waals surface area contributed by atoms with E-state index in [-0.39, 0.29) is 12.5 Å². The van der Waals surface area contributed by atoms with Crippen LogP contribution in [0.4, 0.5) is 20.2 Å². The van der Waals surface area contributed by atoms with Crippen LogP contribution in [-0.4, -0.2) is 15.7 Å².